The first-order valence-electron chi connectivity index (χ1n) is 8.57. The molecule has 2 N–H and O–H groups in total. The molecule has 0 spiro atoms. The average Bonchev–Trinajstić information content (AvgIpc) is 3.08. The normalized spacial score (nSPS) is 13.7. The molecule has 2 aromatic rings. The molecule has 0 saturated heterocycles. The molecule has 25 heavy (non-hydrogen) atoms. The minimum Gasteiger partial charge on any atom is -0.356 e. The van der Waals surface area contributed by atoms with Gasteiger partial charge in [0.05, 0.1) is 0 Å². The van der Waals surface area contributed by atoms with Crippen LogP contribution in [0, 0.1) is 12.8 Å². The first-order valence-corrected chi connectivity index (χ1v) is 8.57. The summed E-state index contributed by atoms with van der Waals surface area (Å²) in [6, 6.07) is 10.7. The second-order valence-corrected chi connectivity index (χ2v) is 6.48. The van der Waals surface area contributed by atoms with Crippen LogP contribution < -0.4 is 10.6 Å². The number of benzene rings is 1. The van der Waals surface area contributed by atoms with Crippen LogP contribution in [0.5, 0.6) is 0 Å². The number of aliphatic imine (C=N–C) groups is 1. The molecule has 0 amide bonds. The van der Waals surface area contributed by atoms with Gasteiger partial charge in [-0.3, -0.25) is 9.67 Å². The number of hydrogen-bond donors (Lipinski definition) is 2. The molecule has 0 aliphatic carbocycles. The second kappa shape index (κ2) is 11.1. The topological polar surface area (TPSA) is 54.2 Å². The fourth-order valence-electron chi connectivity index (χ4n) is 2.55. The monoisotopic (exact) mass is 455 g/mol. The van der Waals surface area contributed by atoms with Crippen LogP contribution >= 0.6 is 24.0 Å². The van der Waals surface area contributed by atoms with Gasteiger partial charge in [-0.25, -0.2) is 0 Å². The van der Waals surface area contributed by atoms with Crippen molar-refractivity contribution in [2.45, 2.75) is 33.2 Å². The molecule has 0 bridgehead atoms. The van der Waals surface area contributed by atoms with Gasteiger partial charge in [0.1, 0.15) is 0 Å². The third-order valence-corrected chi connectivity index (χ3v) is 4.12. The van der Waals surface area contributed by atoms with E-state index in [1.807, 2.05) is 30.2 Å². The third-order valence-electron chi connectivity index (χ3n) is 4.12. The highest BCUT2D eigenvalue weighted by Gasteiger charge is 2.08. The number of halogens is 1. The summed E-state index contributed by atoms with van der Waals surface area (Å²) in [6.07, 6.45) is 3.81. The van der Waals surface area contributed by atoms with Crippen molar-refractivity contribution in [3.05, 3.63) is 53.9 Å². The molecule has 1 aromatic carbocycles. The SMILES string of the molecule is CN=C(NCC(C)Cn1cccn1)NCC(C)c1ccc(C)cc1.I. The number of aryl methyl sites for hydroxylation is 1. The summed E-state index contributed by atoms with van der Waals surface area (Å²) < 4.78 is 1.96. The van der Waals surface area contributed by atoms with Gasteiger partial charge in [-0.2, -0.15) is 5.10 Å². The predicted molar refractivity (Wildman–Crippen MR) is 116 cm³/mol. The molecule has 1 heterocycles. The van der Waals surface area contributed by atoms with Gasteiger partial charge in [0.15, 0.2) is 5.96 Å². The third kappa shape index (κ3) is 7.46. The maximum Gasteiger partial charge on any atom is 0.191 e. The van der Waals surface area contributed by atoms with Gasteiger partial charge in [-0.05, 0) is 30.4 Å². The van der Waals surface area contributed by atoms with Crippen LogP contribution in [0.3, 0.4) is 0 Å². The summed E-state index contributed by atoms with van der Waals surface area (Å²) >= 11 is 0. The van der Waals surface area contributed by atoms with E-state index < -0.39 is 0 Å². The van der Waals surface area contributed by atoms with E-state index >= 15 is 0 Å². The summed E-state index contributed by atoms with van der Waals surface area (Å²) in [4.78, 5) is 4.31. The molecule has 2 unspecified atom stereocenters. The van der Waals surface area contributed by atoms with Gasteiger partial charge in [-0.1, -0.05) is 43.7 Å². The minimum absolute atomic E-state index is 0. The van der Waals surface area contributed by atoms with Crippen LogP contribution in [0.2, 0.25) is 0 Å². The van der Waals surface area contributed by atoms with Crippen molar-refractivity contribution in [1.29, 1.82) is 0 Å². The molecule has 0 radical (unpaired) electrons. The van der Waals surface area contributed by atoms with Crippen molar-refractivity contribution in [3.63, 3.8) is 0 Å². The summed E-state index contributed by atoms with van der Waals surface area (Å²) in [5.41, 5.74) is 2.64. The van der Waals surface area contributed by atoms with Gasteiger partial charge >= 0.3 is 0 Å². The van der Waals surface area contributed by atoms with Crippen molar-refractivity contribution >= 4 is 29.9 Å². The van der Waals surface area contributed by atoms with Crippen LogP contribution in [0.25, 0.3) is 0 Å². The Balaban J connectivity index is 0.00000312. The summed E-state index contributed by atoms with van der Waals surface area (Å²) in [7, 11) is 1.81. The number of nitrogens with zero attached hydrogens (tertiary/aromatic N) is 3. The Morgan fingerprint density at radius 3 is 2.44 bits per heavy atom. The van der Waals surface area contributed by atoms with E-state index in [9.17, 15) is 0 Å². The molecular formula is C19H30IN5. The zero-order valence-corrected chi connectivity index (χ0v) is 17.9. The number of rotatable bonds is 7. The fraction of sp³-hybridized carbons (Fsp3) is 0.474. The first-order chi connectivity index (χ1) is 11.6. The highest BCUT2D eigenvalue weighted by atomic mass is 127. The van der Waals surface area contributed by atoms with Crippen LogP contribution in [-0.4, -0.2) is 35.9 Å². The highest BCUT2D eigenvalue weighted by molar-refractivity contribution is 14.0. The summed E-state index contributed by atoms with van der Waals surface area (Å²) in [5.74, 6) is 1.75. The predicted octanol–water partition coefficient (Wildman–Crippen LogP) is 3.41. The molecule has 6 heteroatoms. The smallest absolute Gasteiger partial charge is 0.191 e. The van der Waals surface area contributed by atoms with Gasteiger partial charge in [0.25, 0.3) is 0 Å². The van der Waals surface area contributed by atoms with E-state index in [-0.39, 0.29) is 24.0 Å². The van der Waals surface area contributed by atoms with Crippen molar-refractivity contribution in [3.8, 4) is 0 Å². The van der Waals surface area contributed by atoms with Gasteiger partial charge in [0.2, 0.25) is 0 Å². The number of guanidine groups is 1. The van der Waals surface area contributed by atoms with Crippen molar-refractivity contribution in [1.82, 2.24) is 20.4 Å². The summed E-state index contributed by atoms with van der Waals surface area (Å²) in [5, 5.41) is 11.1. The molecule has 1 aromatic heterocycles. The van der Waals surface area contributed by atoms with Gasteiger partial charge < -0.3 is 10.6 Å². The van der Waals surface area contributed by atoms with E-state index in [4.69, 9.17) is 0 Å². The lowest BCUT2D eigenvalue weighted by molar-refractivity contribution is 0.443. The Bertz CT molecular complexity index is 622. The molecule has 5 nitrogen and oxygen atoms in total. The second-order valence-electron chi connectivity index (χ2n) is 6.48. The maximum absolute atomic E-state index is 4.31. The molecule has 0 fully saturated rings. The van der Waals surface area contributed by atoms with E-state index in [0.29, 0.717) is 11.8 Å². The number of nitrogens with one attached hydrogen (secondary N) is 2. The van der Waals surface area contributed by atoms with Crippen LogP contribution in [0.4, 0.5) is 0 Å². The van der Waals surface area contributed by atoms with E-state index in [1.165, 1.54) is 11.1 Å². The Morgan fingerprint density at radius 1 is 1.16 bits per heavy atom. The van der Waals surface area contributed by atoms with Gasteiger partial charge in [0, 0.05) is 39.1 Å². The molecule has 138 valence electrons. The van der Waals surface area contributed by atoms with E-state index in [2.05, 4.69) is 65.8 Å². The van der Waals surface area contributed by atoms with E-state index in [1.54, 1.807) is 0 Å². The lowest BCUT2D eigenvalue weighted by Gasteiger charge is -2.18. The molecule has 0 aliphatic heterocycles. The van der Waals surface area contributed by atoms with Crippen LogP contribution in [0.15, 0.2) is 47.7 Å². The Morgan fingerprint density at radius 2 is 1.84 bits per heavy atom. The maximum atomic E-state index is 4.31. The number of aromatic nitrogens is 2. The first kappa shape index (κ1) is 21.5. The van der Waals surface area contributed by atoms with Gasteiger partial charge in [-0.15, -0.1) is 24.0 Å². The zero-order valence-electron chi connectivity index (χ0n) is 15.6. The van der Waals surface area contributed by atoms with Crippen LogP contribution in [0.1, 0.15) is 30.9 Å². The quantitative estimate of drug-likeness (QED) is 0.382. The summed E-state index contributed by atoms with van der Waals surface area (Å²) in [6.45, 7) is 9.16. The Hall–Kier alpha value is -1.57. The largest absolute Gasteiger partial charge is 0.356 e. The van der Waals surface area contributed by atoms with E-state index in [0.717, 1.165) is 25.6 Å². The van der Waals surface area contributed by atoms with Crippen molar-refractivity contribution in [2.75, 3.05) is 20.1 Å². The Kier molecular flexibility index (Phi) is 9.55. The minimum atomic E-state index is 0. The standard InChI is InChI=1S/C19H29N5.HI/c1-15-6-8-18(9-7-15)17(3)13-22-19(20-4)21-12-16(2)14-24-11-5-10-23-24;/h5-11,16-17H,12-14H2,1-4H3,(H2,20,21,22);1H. The zero-order chi connectivity index (χ0) is 17.4. The average molecular weight is 455 g/mol. The fourth-order valence-corrected chi connectivity index (χ4v) is 2.55. The molecule has 2 rings (SSSR count). The molecular weight excluding hydrogens is 425 g/mol. The molecule has 0 saturated carbocycles. The number of hydrogen-bond acceptors (Lipinski definition) is 2. The lowest BCUT2D eigenvalue weighted by atomic mass is 10.0. The van der Waals surface area contributed by atoms with Crippen LogP contribution in [-0.2, 0) is 6.54 Å². The molecule has 2 atom stereocenters. The van der Waals surface area contributed by atoms with Crippen molar-refractivity contribution in [2.24, 2.45) is 10.9 Å². The highest BCUT2D eigenvalue weighted by Crippen LogP contribution is 2.14. The lowest BCUT2D eigenvalue weighted by Crippen LogP contribution is -2.41. The molecule has 0 aliphatic rings. The van der Waals surface area contributed by atoms with Crippen molar-refractivity contribution < 1.29 is 0 Å². The Labute approximate surface area is 168 Å².